The van der Waals surface area contributed by atoms with E-state index in [-0.39, 0.29) is 5.69 Å². The molecule has 0 radical (unpaired) electrons. The third-order valence-corrected chi connectivity index (χ3v) is 2.42. The Bertz CT molecular complexity index is 483. The summed E-state index contributed by atoms with van der Waals surface area (Å²) in [5.41, 5.74) is 9.11. The molecule has 2 aromatic rings. The number of nitrogens with two attached hydrogens (primary N) is 1. The number of benzene rings is 1. The lowest BCUT2D eigenvalue weighted by atomic mass is 10.0. The van der Waals surface area contributed by atoms with Crippen molar-refractivity contribution in [1.82, 2.24) is 10.2 Å². The van der Waals surface area contributed by atoms with Gasteiger partial charge in [-0.2, -0.15) is 5.10 Å². The maximum absolute atomic E-state index is 13.3. The van der Waals surface area contributed by atoms with Gasteiger partial charge in [0.25, 0.3) is 0 Å². The highest BCUT2D eigenvalue weighted by molar-refractivity contribution is 5.69. The largest absolute Gasteiger partial charge is 0.396 e. The highest BCUT2D eigenvalue weighted by Gasteiger charge is 2.10. The van der Waals surface area contributed by atoms with Gasteiger partial charge in [-0.25, -0.2) is 4.39 Å². The van der Waals surface area contributed by atoms with Crippen LogP contribution in [0.2, 0.25) is 0 Å². The number of aryl methyl sites for hydroxylation is 2. The molecule has 0 spiro atoms. The van der Waals surface area contributed by atoms with E-state index in [2.05, 4.69) is 10.2 Å². The van der Waals surface area contributed by atoms with Crippen LogP contribution in [-0.2, 0) is 0 Å². The maximum Gasteiger partial charge on any atom is 0.146 e. The number of hydrogen-bond acceptors (Lipinski definition) is 2. The zero-order valence-corrected chi connectivity index (χ0v) is 8.63. The smallest absolute Gasteiger partial charge is 0.146 e. The Morgan fingerprint density at radius 3 is 2.60 bits per heavy atom. The minimum atomic E-state index is -0.396. The summed E-state index contributed by atoms with van der Waals surface area (Å²) < 4.78 is 13.3. The number of halogens is 1. The number of nitrogen functional groups attached to an aromatic ring is 1. The third kappa shape index (κ3) is 1.58. The van der Waals surface area contributed by atoms with E-state index in [4.69, 9.17) is 5.73 Å². The molecule has 1 aromatic heterocycles. The highest BCUT2D eigenvalue weighted by Crippen LogP contribution is 2.27. The Labute approximate surface area is 87.1 Å². The maximum atomic E-state index is 13.3. The molecule has 3 N–H and O–H groups in total. The first kappa shape index (κ1) is 9.71. The first-order valence-corrected chi connectivity index (χ1v) is 4.66. The fourth-order valence-electron chi connectivity index (χ4n) is 1.66. The van der Waals surface area contributed by atoms with Crippen LogP contribution in [0.1, 0.15) is 11.4 Å². The summed E-state index contributed by atoms with van der Waals surface area (Å²) >= 11 is 0. The number of hydrogen-bond donors (Lipinski definition) is 2. The molecule has 3 nitrogen and oxygen atoms in total. The van der Waals surface area contributed by atoms with Crippen LogP contribution in [0.5, 0.6) is 0 Å². The monoisotopic (exact) mass is 205 g/mol. The van der Waals surface area contributed by atoms with Gasteiger partial charge in [-0.05, 0) is 31.5 Å². The summed E-state index contributed by atoms with van der Waals surface area (Å²) in [5.74, 6) is -0.396. The van der Waals surface area contributed by atoms with E-state index in [0.29, 0.717) is 0 Å². The Balaban J connectivity index is 2.59. The van der Waals surface area contributed by atoms with Crippen LogP contribution < -0.4 is 5.73 Å². The van der Waals surface area contributed by atoms with E-state index in [9.17, 15) is 4.39 Å². The fourth-order valence-corrected chi connectivity index (χ4v) is 1.66. The van der Waals surface area contributed by atoms with Crippen LogP contribution in [0, 0.1) is 19.7 Å². The molecule has 78 valence electrons. The zero-order chi connectivity index (χ0) is 11.0. The van der Waals surface area contributed by atoms with Crippen molar-refractivity contribution in [3.8, 4) is 11.1 Å². The Kier molecular flexibility index (Phi) is 2.19. The van der Waals surface area contributed by atoms with Crippen molar-refractivity contribution in [2.24, 2.45) is 0 Å². The molecule has 1 heterocycles. The van der Waals surface area contributed by atoms with Gasteiger partial charge in [0.15, 0.2) is 0 Å². The average molecular weight is 205 g/mol. The molecule has 15 heavy (non-hydrogen) atoms. The zero-order valence-electron chi connectivity index (χ0n) is 8.63. The van der Waals surface area contributed by atoms with Crippen molar-refractivity contribution in [3.05, 3.63) is 35.4 Å². The molecule has 0 saturated carbocycles. The van der Waals surface area contributed by atoms with Crippen molar-refractivity contribution in [3.63, 3.8) is 0 Å². The molecule has 0 bridgehead atoms. The molecule has 0 fully saturated rings. The topological polar surface area (TPSA) is 54.7 Å². The average Bonchev–Trinajstić information content (AvgIpc) is 2.52. The van der Waals surface area contributed by atoms with E-state index in [1.54, 1.807) is 12.1 Å². The number of aromatic amines is 1. The van der Waals surface area contributed by atoms with E-state index < -0.39 is 5.82 Å². The van der Waals surface area contributed by atoms with Crippen LogP contribution in [0.15, 0.2) is 18.2 Å². The van der Waals surface area contributed by atoms with Crippen LogP contribution >= 0.6 is 0 Å². The normalized spacial score (nSPS) is 10.6. The van der Waals surface area contributed by atoms with E-state index in [0.717, 1.165) is 22.5 Å². The van der Waals surface area contributed by atoms with Crippen molar-refractivity contribution in [2.45, 2.75) is 13.8 Å². The van der Waals surface area contributed by atoms with Crippen molar-refractivity contribution in [1.29, 1.82) is 0 Å². The summed E-state index contributed by atoms with van der Waals surface area (Å²) in [6.07, 6.45) is 0. The first-order chi connectivity index (χ1) is 7.09. The van der Waals surface area contributed by atoms with E-state index in [1.165, 1.54) is 6.07 Å². The Morgan fingerprint density at radius 2 is 2.07 bits per heavy atom. The van der Waals surface area contributed by atoms with Crippen LogP contribution in [-0.4, -0.2) is 10.2 Å². The molecular formula is C11H12FN3. The van der Waals surface area contributed by atoms with E-state index >= 15 is 0 Å². The molecule has 0 unspecified atom stereocenters. The molecule has 4 heteroatoms. The van der Waals surface area contributed by atoms with Gasteiger partial charge in [-0.3, -0.25) is 5.10 Å². The standard InChI is InChI=1S/C11H12FN3/c1-6-11(7(2)15-14-6)8-3-4-10(13)9(12)5-8/h3-5H,13H2,1-2H3,(H,14,15). The minimum Gasteiger partial charge on any atom is -0.396 e. The summed E-state index contributed by atoms with van der Waals surface area (Å²) in [6, 6.07) is 4.79. The minimum absolute atomic E-state index is 0.164. The lowest BCUT2D eigenvalue weighted by molar-refractivity contribution is 0.633. The molecule has 0 amide bonds. The number of nitrogens with zero attached hydrogens (tertiary/aromatic N) is 1. The summed E-state index contributed by atoms with van der Waals surface area (Å²) in [7, 11) is 0. The first-order valence-electron chi connectivity index (χ1n) is 4.66. The van der Waals surface area contributed by atoms with Crippen molar-refractivity contribution in [2.75, 3.05) is 5.73 Å². The summed E-state index contributed by atoms with van der Waals surface area (Å²) in [4.78, 5) is 0. The predicted molar refractivity (Wildman–Crippen MR) is 57.9 cm³/mol. The highest BCUT2D eigenvalue weighted by atomic mass is 19.1. The van der Waals surface area contributed by atoms with Gasteiger partial charge in [0.1, 0.15) is 5.82 Å². The second-order valence-corrected chi connectivity index (χ2v) is 3.55. The van der Waals surface area contributed by atoms with E-state index in [1.807, 2.05) is 13.8 Å². The van der Waals surface area contributed by atoms with Crippen molar-refractivity contribution >= 4 is 5.69 Å². The van der Waals surface area contributed by atoms with Crippen LogP contribution in [0.25, 0.3) is 11.1 Å². The van der Waals surface area contributed by atoms with Crippen molar-refractivity contribution < 1.29 is 4.39 Å². The lowest BCUT2D eigenvalue weighted by Gasteiger charge is -2.03. The number of nitrogens with one attached hydrogen (secondary N) is 1. The number of anilines is 1. The predicted octanol–water partition coefficient (Wildman–Crippen LogP) is 2.41. The van der Waals surface area contributed by atoms with Gasteiger partial charge in [0.05, 0.1) is 11.4 Å². The SMILES string of the molecule is Cc1n[nH]c(C)c1-c1ccc(N)c(F)c1. The molecule has 0 aliphatic carbocycles. The summed E-state index contributed by atoms with van der Waals surface area (Å²) in [6.45, 7) is 3.79. The van der Waals surface area contributed by atoms with Crippen LogP contribution in [0.3, 0.4) is 0 Å². The van der Waals surface area contributed by atoms with Gasteiger partial charge in [-0.15, -0.1) is 0 Å². The second kappa shape index (κ2) is 3.38. The second-order valence-electron chi connectivity index (χ2n) is 3.55. The molecular weight excluding hydrogens is 193 g/mol. The lowest BCUT2D eigenvalue weighted by Crippen LogP contribution is -1.91. The molecule has 0 aliphatic rings. The number of rotatable bonds is 1. The molecule has 0 aliphatic heterocycles. The number of H-pyrrole nitrogens is 1. The van der Waals surface area contributed by atoms with Gasteiger partial charge < -0.3 is 5.73 Å². The molecule has 2 rings (SSSR count). The Morgan fingerprint density at radius 1 is 1.33 bits per heavy atom. The summed E-state index contributed by atoms with van der Waals surface area (Å²) in [5, 5.41) is 6.93. The Hall–Kier alpha value is -1.84. The molecule has 0 atom stereocenters. The van der Waals surface area contributed by atoms with Gasteiger partial charge >= 0.3 is 0 Å². The third-order valence-electron chi connectivity index (χ3n) is 2.42. The number of aromatic nitrogens is 2. The van der Waals surface area contributed by atoms with Gasteiger partial charge in [0, 0.05) is 11.3 Å². The van der Waals surface area contributed by atoms with Gasteiger partial charge in [-0.1, -0.05) is 6.07 Å². The molecule has 1 aromatic carbocycles. The molecule has 0 saturated heterocycles. The quantitative estimate of drug-likeness (QED) is 0.702. The fraction of sp³-hybridized carbons (Fsp3) is 0.182. The van der Waals surface area contributed by atoms with Gasteiger partial charge in [0.2, 0.25) is 0 Å². The van der Waals surface area contributed by atoms with Crippen LogP contribution in [0.4, 0.5) is 10.1 Å².